The van der Waals surface area contributed by atoms with Crippen molar-refractivity contribution in [2.24, 2.45) is 5.41 Å². The molecule has 0 radical (unpaired) electrons. The average molecular weight is 313 g/mol. The smallest absolute Gasteiger partial charge is 0.153 e. The molecule has 0 N–H and O–H groups in total. The highest BCUT2D eigenvalue weighted by atomic mass is 35.5. The fraction of sp³-hybridized carbons (Fsp3) is 0.562. The van der Waals surface area contributed by atoms with E-state index in [1.807, 2.05) is 11.5 Å². The van der Waals surface area contributed by atoms with Crippen molar-refractivity contribution in [1.29, 1.82) is 0 Å². The minimum atomic E-state index is -0.624. The summed E-state index contributed by atoms with van der Waals surface area (Å²) in [5, 5.41) is -0.339. The number of imidazole rings is 1. The number of fused-ring (bicyclic) bond motifs is 1. The summed E-state index contributed by atoms with van der Waals surface area (Å²) in [6, 6.07) is 2.23. The van der Waals surface area contributed by atoms with Gasteiger partial charge in [-0.15, -0.1) is 11.6 Å². The van der Waals surface area contributed by atoms with Gasteiger partial charge in [0.05, 0.1) is 10.9 Å². The van der Waals surface area contributed by atoms with Crippen LogP contribution in [0.1, 0.15) is 50.7 Å². The highest BCUT2D eigenvalue weighted by Gasteiger charge is 2.36. The van der Waals surface area contributed by atoms with Gasteiger partial charge in [0, 0.05) is 12.6 Å². The SMILES string of the molecule is CCC1(Cn2c(C(C)Cl)nc3c(F)cc(F)cc32)CCC1. The second-order valence-corrected chi connectivity index (χ2v) is 6.79. The lowest BCUT2D eigenvalue weighted by atomic mass is 9.67. The second kappa shape index (κ2) is 5.24. The third-order valence-corrected chi connectivity index (χ3v) is 5.01. The van der Waals surface area contributed by atoms with E-state index in [0.29, 0.717) is 11.3 Å². The number of aromatic nitrogens is 2. The van der Waals surface area contributed by atoms with Crippen molar-refractivity contribution >= 4 is 22.6 Å². The van der Waals surface area contributed by atoms with Crippen molar-refractivity contribution in [3.63, 3.8) is 0 Å². The number of hydrogen-bond donors (Lipinski definition) is 0. The Balaban J connectivity index is 2.16. The molecule has 2 aromatic rings. The van der Waals surface area contributed by atoms with Gasteiger partial charge in [0.1, 0.15) is 17.2 Å². The van der Waals surface area contributed by atoms with Gasteiger partial charge in [0.25, 0.3) is 0 Å². The van der Waals surface area contributed by atoms with E-state index >= 15 is 0 Å². The monoisotopic (exact) mass is 312 g/mol. The first-order chi connectivity index (χ1) is 9.96. The number of nitrogens with zero attached hydrogens (tertiary/aromatic N) is 2. The first-order valence-electron chi connectivity index (χ1n) is 7.45. The van der Waals surface area contributed by atoms with Crippen LogP contribution < -0.4 is 0 Å². The lowest BCUT2D eigenvalue weighted by molar-refractivity contribution is 0.101. The van der Waals surface area contributed by atoms with E-state index in [-0.39, 0.29) is 16.3 Å². The number of halogens is 3. The van der Waals surface area contributed by atoms with Crippen LogP contribution in [0.5, 0.6) is 0 Å². The maximum absolute atomic E-state index is 14.0. The van der Waals surface area contributed by atoms with E-state index in [0.717, 1.165) is 31.9 Å². The standard InChI is InChI=1S/C16H19ClF2N2/c1-3-16(5-4-6-16)9-21-13-8-11(18)7-12(19)14(13)20-15(21)10(2)17/h7-8,10H,3-6,9H2,1-2H3. The molecule has 0 spiro atoms. The molecular weight excluding hydrogens is 294 g/mol. The molecule has 0 amide bonds. The van der Waals surface area contributed by atoms with Gasteiger partial charge in [-0.1, -0.05) is 13.3 Å². The van der Waals surface area contributed by atoms with E-state index in [4.69, 9.17) is 11.6 Å². The molecule has 1 aromatic heterocycles. The van der Waals surface area contributed by atoms with Crippen LogP contribution in [-0.4, -0.2) is 9.55 Å². The van der Waals surface area contributed by atoms with E-state index in [2.05, 4.69) is 11.9 Å². The minimum Gasteiger partial charge on any atom is -0.326 e. The van der Waals surface area contributed by atoms with E-state index in [1.54, 1.807) is 0 Å². The Labute approximate surface area is 128 Å². The fourth-order valence-corrected chi connectivity index (χ4v) is 3.44. The number of alkyl halides is 1. The van der Waals surface area contributed by atoms with E-state index in [9.17, 15) is 8.78 Å². The van der Waals surface area contributed by atoms with Crippen molar-refractivity contribution in [1.82, 2.24) is 9.55 Å². The fourth-order valence-electron chi connectivity index (χ4n) is 3.27. The van der Waals surface area contributed by atoms with Crippen molar-refractivity contribution in [3.8, 4) is 0 Å². The summed E-state index contributed by atoms with van der Waals surface area (Å²) in [5.74, 6) is -0.577. The van der Waals surface area contributed by atoms with Crippen molar-refractivity contribution < 1.29 is 8.78 Å². The molecule has 1 saturated carbocycles. The molecule has 114 valence electrons. The molecule has 3 rings (SSSR count). The normalized spacial score (nSPS) is 18.7. The van der Waals surface area contributed by atoms with Gasteiger partial charge in [-0.2, -0.15) is 0 Å². The van der Waals surface area contributed by atoms with Gasteiger partial charge in [-0.05, 0) is 37.7 Å². The lowest BCUT2D eigenvalue weighted by Gasteiger charge is -2.42. The molecule has 1 aliphatic carbocycles. The summed E-state index contributed by atoms with van der Waals surface area (Å²) in [5.41, 5.74) is 0.941. The Bertz CT molecular complexity index is 669. The van der Waals surface area contributed by atoms with Gasteiger partial charge in [-0.3, -0.25) is 0 Å². The zero-order valence-electron chi connectivity index (χ0n) is 12.3. The van der Waals surface area contributed by atoms with E-state index < -0.39 is 11.6 Å². The van der Waals surface area contributed by atoms with Gasteiger partial charge in [-0.25, -0.2) is 13.8 Å². The minimum absolute atomic E-state index is 0.212. The molecule has 21 heavy (non-hydrogen) atoms. The summed E-state index contributed by atoms with van der Waals surface area (Å²) < 4.78 is 29.5. The second-order valence-electron chi connectivity index (χ2n) is 6.13. The predicted octanol–water partition coefficient (Wildman–Crippen LogP) is 5.19. The van der Waals surface area contributed by atoms with E-state index in [1.165, 1.54) is 12.5 Å². The Morgan fingerprint density at radius 2 is 2.10 bits per heavy atom. The highest BCUT2D eigenvalue weighted by molar-refractivity contribution is 6.20. The van der Waals surface area contributed by atoms with Crippen molar-refractivity contribution in [3.05, 3.63) is 29.6 Å². The summed E-state index contributed by atoms with van der Waals surface area (Å²) >= 11 is 6.21. The number of hydrogen-bond acceptors (Lipinski definition) is 1. The first kappa shape index (κ1) is 14.8. The van der Waals surface area contributed by atoms with Crippen LogP contribution in [0.25, 0.3) is 11.0 Å². The van der Waals surface area contributed by atoms with Gasteiger partial charge in [0.2, 0.25) is 0 Å². The molecule has 1 aromatic carbocycles. The van der Waals surface area contributed by atoms with Crippen molar-refractivity contribution in [2.45, 2.75) is 51.5 Å². The molecule has 1 unspecified atom stereocenters. The Hall–Kier alpha value is -1.16. The molecule has 0 saturated heterocycles. The largest absolute Gasteiger partial charge is 0.326 e. The summed E-state index contributed by atoms with van der Waals surface area (Å²) in [6.07, 6.45) is 4.57. The number of benzene rings is 1. The molecule has 5 heteroatoms. The van der Waals surface area contributed by atoms with Crippen molar-refractivity contribution in [2.75, 3.05) is 0 Å². The first-order valence-corrected chi connectivity index (χ1v) is 7.89. The topological polar surface area (TPSA) is 17.8 Å². The highest BCUT2D eigenvalue weighted by Crippen LogP contribution is 2.46. The number of rotatable bonds is 4. The summed E-state index contributed by atoms with van der Waals surface area (Å²) in [6.45, 7) is 4.71. The predicted molar refractivity (Wildman–Crippen MR) is 80.5 cm³/mol. The van der Waals surface area contributed by atoms with Gasteiger partial charge in [0.15, 0.2) is 5.82 Å². The van der Waals surface area contributed by atoms with Crippen LogP contribution in [0, 0.1) is 17.0 Å². The Kier molecular flexibility index (Phi) is 3.68. The maximum Gasteiger partial charge on any atom is 0.153 e. The van der Waals surface area contributed by atoms with Crippen LogP contribution in [0.15, 0.2) is 12.1 Å². The molecule has 1 heterocycles. The third-order valence-electron chi connectivity index (χ3n) is 4.82. The molecule has 0 aliphatic heterocycles. The Morgan fingerprint density at radius 1 is 1.38 bits per heavy atom. The molecule has 1 fully saturated rings. The van der Waals surface area contributed by atoms with Gasteiger partial charge < -0.3 is 4.57 Å². The van der Waals surface area contributed by atoms with Crippen LogP contribution in [0.2, 0.25) is 0 Å². The summed E-state index contributed by atoms with van der Waals surface area (Å²) in [7, 11) is 0. The average Bonchev–Trinajstić information content (AvgIpc) is 2.73. The van der Waals surface area contributed by atoms with Crippen LogP contribution in [-0.2, 0) is 6.54 Å². The summed E-state index contributed by atoms with van der Waals surface area (Å²) in [4.78, 5) is 4.32. The zero-order chi connectivity index (χ0) is 15.2. The van der Waals surface area contributed by atoms with Crippen LogP contribution in [0.3, 0.4) is 0 Å². The van der Waals surface area contributed by atoms with Crippen LogP contribution >= 0.6 is 11.6 Å². The molecule has 0 bridgehead atoms. The molecule has 1 atom stereocenters. The molecular formula is C16H19ClF2N2. The third kappa shape index (κ3) is 2.44. The Morgan fingerprint density at radius 3 is 2.62 bits per heavy atom. The molecule has 1 aliphatic rings. The van der Waals surface area contributed by atoms with Crippen LogP contribution in [0.4, 0.5) is 8.78 Å². The molecule has 2 nitrogen and oxygen atoms in total. The zero-order valence-corrected chi connectivity index (χ0v) is 13.1. The van der Waals surface area contributed by atoms with Gasteiger partial charge >= 0.3 is 0 Å². The lowest BCUT2D eigenvalue weighted by Crippen LogP contribution is -2.34. The maximum atomic E-state index is 14.0. The quantitative estimate of drug-likeness (QED) is 0.710.